The highest BCUT2D eigenvalue weighted by Crippen LogP contribution is 2.25. The van der Waals surface area contributed by atoms with E-state index in [1.807, 2.05) is 45.0 Å². The first-order valence-corrected chi connectivity index (χ1v) is 8.22. The molecule has 24 heavy (non-hydrogen) atoms. The molecule has 1 unspecified atom stereocenters. The van der Waals surface area contributed by atoms with Gasteiger partial charge in [-0.2, -0.15) is 5.10 Å². The number of hydrogen-bond donors (Lipinski definition) is 0. The predicted molar refractivity (Wildman–Crippen MR) is 94.1 cm³/mol. The van der Waals surface area contributed by atoms with Gasteiger partial charge in [0.25, 0.3) is 0 Å². The molecule has 0 aliphatic carbocycles. The zero-order valence-corrected chi connectivity index (χ0v) is 14.2. The van der Waals surface area contributed by atoms with E-state index in [1.165, 1.54) is 12.1 Å². The van der Waals surface area contributed by atoms with Crippen molar-refractivity contribution in [3.8, 4) is 11.1 Å². The van der Waals surface area contributed by atoms with Crippen LogP contribution in [0.1, 0.15) is 32.8 Å². The summed E-state index contributed by atoms with van der Waals surface area (Å²) < 4.78 is 13.0. The second-order valence-electron chi connectivity index (χ2n) is 6.51. The fourth-order valence-electron chi connectivity index (χ4n) is 2.94. The van der Waals surface area contributed by atoms with Crippen LogP contribution in [0.3, 0.4) is 0 Å². The maximum absolute atomic E-state index is 13.0. The molecule has 1 amide bonds. The van der Waals surface area contributed by atoms with Gasteiger partial charge in [-0.1, -0.05) is 43.3 Å². The molecule has 124 valence electrons. The number of carbonyl (C=O) groups excluding carboxylic acids is 1. The number of hydrogen-bond acceptors (Lipinski definition) is 2. The van der Waals surface area contributed by atoms with E-state index in [-0.39, 0.29) is 23.7 Å². The first kappa shape index (κ1) is 16.4. The zero-order chi connectivity index (χ0) is 17.3. The smallest absolute Gasteiger partial charge is 0.243 e. The minimum atomic E-state index is -0.237. The standard InChI is InChI=1S/C20H21FN2O/c1-13(2)23-19(24)12-14(3)20(22-23)17-6-4-15(5-7-17)16-8-10-18(21)11-9-16/h4-11,13-14H,12H2,1-3H3. The van der Waals surface area contributed by atoms with Crippen molar-refractivity contribution in [2.45, 2.75) is 33.2 Å². The summed E-state index contributed by atoms with van der Waals surface area (Å²) in [5.41, 5.74) is 3.96. The number of halogens is 1. The normalized spacial score (nSPS) is 18.0. The number of carbonyl (C=O) groups is 1. The van der Waals surface area contributed by atoms with Crippen molar-refractivity contribution in [1.82, 2.24) is 5.01 Å². The zero-order valence-electron chi connectivity index (χ0n) is 14.2. The third-order valence-corrected chi connectivity index (χ3v) is 4.27. The molecule has 0 radical (unpaired) electrons. The molecule has 3 nitrogen and oxygen atoms in total. The van der Waals surface area contributed by atoms with Gasteiger partial charge in [0.1, 0.15) is 5.82 Å². The topological polar surface area (TPSA) is 32.7 Å². The van der Waals surface area contributed by atoms with Gasteiger partial charge in [0.05, 0.1) is 5.71 Å². The molecule has 0 saturated carbocycles. The summed E-state index contributed by atoms with van der Waals surface area (Å²) in [6, 6.07) is 14.6. The summed E-state index contributed by atoms with van der Waals surface area (Å²) >= 11 is 0. The summed E-state index contributed by atoms with van der Waals surface area (Å²) in [7, 11) is 0. The third kappa shape index (κ3) is 3.23. The number of nitrogens with zero attached hydrogens (tertiary/aromatic N) is 2. The average Bonchev–Trinajstić information content (AvgIpc) is 2.55. The maximum Gasteiger partial charge on any atom is 0.243 e. The molecule has 4 heteroatoms. The van der Waals surface area contributed by atoms with Crippen molar-refractivity contribution in [2.75, 3.05) is 0 Å². The van der Waals surface area contributed by atoms with Crippen LogP contribution in [0.5, 0.6) is 0 Å². The highest BCUT2D eigenvalue weighted by molar-refractivity contribution is 6.05. The quantitative estimate of drug-likeness (QED) is 0.819. The molecule has 0 N–H and O–H groups in total. The lowest BCUT2D eigenvalue weighted by Gasteiger charge is -2.30. The number of rotatable bonds is 3. The Morgan fingerprint density at radius 1 is 1.00 bits per heavy atom. The Morgan fingerprint density at radius 2 is 1.50 bits per heavy atom. The van der Waals surface area contributed by atoms with Gasteiger partial charge < -0.3 is 0 Å². The Bertz CT molecular complexity index is 763. The number of amides is 1. The van der Waals surface area contributed by atoms with E-state index >= 15 is 0 Å². The summed E-state index contributed by atoms with van der Waals surface area (Å²) in [5, 5.41) is 6.15. The molecule has 2 aromatic rings. The molecule has 0 fully saturated rings. The van der Waals surface area contributed by atoms with Crippen LogP contribution in [0, 0.1) is 11.7 Å². The second-order valence-corrected chi connectivity index (χ2v) is 6.51. The second kappa shape index (κ2) is 6.56. The first-order valence-electron chi connectivity index (χ1n) is 8.22. The van der Waals surface area contributed by atoms with Crippen molar-refractivity contribution < 1.29 is 9.18 Å². The van der Waals surface area contributed by atoms with Crippen LogP contribution in [0.4, 0.5) is 4.39 Å². The molecular formula is C20H21FN2O. The molecule has 1 aliphatic heterocycles. The number of hydrazone groups is 1. The Labute approximate surface area is 141 Å². The van der Waals surface area contributed by atoms with Crippen molar-refractivity contribution in [3.05, 3.63) is 59.9 Å². The SMILES string of the molecule is CC1CC(=O)N(C(C)C)N=C1c1ccc(-c2ccc(F)cc2)cc1. The molecule has 0 spiro atoms. The Kier molecular flexibility index (Phi) is 4.47. The van der Waals surface area contributed by atoms with Crippen molar-refractivity contribution in [2.24, 2.45) is 11.0 Å². The van der Waals surface area contributed by atoms with E-state index in [0.717, 1.165) is 22.4 Å². The molecule has 0 bridgehead atoms. The lowest BCUT2D eigenvalue weighted by atomic mass is 9.92. The van der Waals surface area contributed by atoms with Crippen LogP contribution in [-0.2, 0) is 4.79 Å². The van der Waals surface area contributed by atoms with E-state index in [9.17, 15) is 9.18 Å². The summed E-state index contributed by atoms with van der Waals surface area (Å²) in [6.07, 6.45) is 0.483. The van der Waals surface area contributed by atoms with Crippen LogP contribution in [0.25, 0.3) is 11.1 Å². The third-order valence-electron chi connectivity index (χ3n) is 4.27. The lowest BCUT2D eigenvalue weighted by molar-refractivity contribution is -0.134. The molecule has 0 saturated heterocycles. The Balaban J connectivity index is 1.91. The van der Waals surface area contributed by atoms with Gasteiger partial charge in [-0.25, -0.2) is 9.40 Å². The Morgan fingerprint density at radius 3 is 2.04 bits per heavy atom. The minimum Gasteiger partial charge on any atom is -0.273 e. The van der Waals surface area contributed by atoms with E-state index in [1.54, 1.807) is 17.1 Å². The molecule has 0 aromatic heterocycles. The maximum atomic E-state index is 13.0. The van der Waals surface area contributed by atoms with Gasteiger partial charge in [-0.3, -0.25) is 4.79 Å². The fraction of sp³-hybridized carbons (Fsp3) is 0.300. The summed E-state index contributed by atoms with van der Waals surface area (Å²) in [6.45, 7) is 5.96. The van der Waals surface area contributed by atoms with E-state index in [4.69, 9.17) is 0 Å². The van der Waals surface area contributed by atoms with Gasteiger partial charge in [-0.15, -0.1) is 0 Å². The minimum absolute atomic E-state index is 0.0542. The van der Waals surface area contributed by atoms with Gasteiger partial charge in [0.2, 0.25) is 5.91 Å². The largest absolute Gasteiger partial charge is 0.273 e. The van der Waals surface area contributed by atoms with Gasteiger partial charge >= 0.3 is 0 Å². The molecule has 1 heterocycles. The van der Waals surface area contributed by atoms with E-state index in [0.29, 0.717) is 6.42 Å². The summed E-state index contributed by atoms with van der Waals surface area (Å²) in [5.74, 6) is -0.0625. The van der Waals surface area contributed by atoms with Crippen LogP contribution in [0.2, 0.25) is 0 Å². The highest BCUT2D eigenvalue weighted by atomic mass is 19.1. The van der Waals surface area contributed by atoms with E-state index < -0.39 is 0 Å². The van der Waals surface area contributed by atoms with E-state index in [2.05, 4.69) is 5.10 Å². The van der Waals surface area contributed by atoms with Crippen molar-refractivity contribution in [3.63, 3.8) is 0 Å². The monoisotopic (exact) mass is 324 g/mol. The first-order chi connectivity index (χ1) is 11.5. The van der Waals surface area contributed by atoms with Gasteiger partial charge in [-0.05, 0) is 42.7 Å². The lowest BCUT2D eigenvalue weighted by Crippen LogP contribution is -2.40. The highest BCUT2D eigenvalue weighted by Gasteiger charge is 2.28. The molecule has 3 rings (SSSR count). The molecule has 2 aromatic carbocycles. The van der Waals surface area contributed by atoms with Crippen LogP contribution < -0.4 is 0 Å². The molecule has 1 atom stereocenters. The Hall–Kier alpha value is -2.49. The van der Waals surface area contributed by atoms with Crippen molar-refractivity contribution >= 4 is 11.6 Å². The molecular weight excluding hydrogens is 303 g/mol. The van der Waals surface area contributed by atoms with Crippen molar-refractivity contribution in [1.29, 1.82) is 0 Å². The summed E-state index contributed by atoms with van der Waals surface area (Å²) in [4.78, 5) is 12.1. The van der Waals surface area contributed by atoms with Crippen LogP contribution in [-0.4, -0.2) is 22.7 Å². The van der Waals surface area contributed by atoms with Crippen LogP contribution >= 0.6 is 0 Å². The number of benzene rings is 2. The van der Waals surface area contributed by atoms with Crippen LogP contribution in [0.15, 0.2) is 53.6 Å². The molecule has 1 aliphatic rings. The predicted octanol–water partition coefficient (Wildman–Crippen LogP) is 4.47. The fourth-order valence-corrected chi connectivity index (χ4v) is 2.94. The van der Waals surface area contributed by atoms with Gasteiger partial charge in [0.15, 0.2) is 0 Å². The van der Waals surface area contributed by atoms with Gasteiger partial charge in [0, 0.05) is 18.4 Å². The average molecular weight is 324 g/mol.